The van der Waals surface area contributed by atoms with Crippen molar-refractivity contribution in [1.82, 2.24) is 19.9 Å². The van der Waals surface area contributed by atoms with Gasteiger partial charge in [-0.2, -0.15) is 5.10 Å². The number of aromatic nitrogens is 4. The predicted molar refractivity (Wildman–Crippen MR) is 54.7 cm³/mol. The summed E-state index contributed by atoms with van der Waals surface area (Å²) in [6, 6.07) is 3.88. The average Bonchev–Trinajstić information content (AvgIpc) is 2.63. The van der Waals surface area contributed by atoms with E-state index in [2.05, 4.69) is 20.6 Å². The molecule has 2 rings (SSSR count). The van der Waals surface area contributed by atoms with Gasteiger partial charge in [0.1, 0.15) is 6.33 Å². The molecule has 0 bridgehead atoms. The molecular formula is C8H9N5S. The van der Waals surface area contributed by atoms with E-state index in [0.717, 1.165) is 5.56 Å². The summed E-state index contributed by atoms with van der Waals surface area (Å²) in [4.78, 5) is 3.93. The van der Waals surface area contributed by atoms with Crippen LogP contribution < -0.4 is 5.43 Å². The quantitative estimate of drug-likeness (QED) is 0.739. The minimum absolute atomic E-state index is 0.555. The number of aromatic amines is 1. The van der Waals surface area contributed by atoms with Crippen LogP contribution in [-0.4, -0.2) is 19.9 Å². The molecule has 72 valence electrons. The lowest BCUT2D eigenvalue weighted by Gasteiger charge is -2.04. The van der Waals surface area contributed by atoms with Gasteiger partial charge in [0.15, 0.2) is 0 Å². The van der Waals surface area contributed by atoms with Crippen LogP contribution in [0.1, 0.15) is 5.56 Å². The first kappa shape index (κ1) is 8.89. The second-order valence-electron chi connectivity index (χ2n) is 2.72. The molecule has 2 aromatic heterocycles. The van der Waals surface area contributed by atoms with Gasteiger partial charge in [0.05, 0.1) is 6.54 Å². The first-order valence-electron chi connectivity index (χ1n) is 4.11. The Morgan fingerprint density at radius 3 is 2.86 bits per heavy atom. The molecule has 2 N–H and O–H groups in total. The zero-order valence-electron chi connectivity index (χ0n) is 7.34. The first-order chi connectivity index (χ1) is 6.86. The monoisotopic (exact) mass is 207 g/mol. The van der Waals surface area contributed by atoms with Crippen molar-refractivity contribution in [2.24, 2.45) is 0 Å². The summed E-state index contributed by atoms with van der Waals surface area (Å²) in [5.74, 6) is 0. The van der Waals surface area contributed by atoms with Crippen LogP contribution in [0.5, 0.6) is 0 Å². The second-order valence-corrected chi connectivity index (χ2v) is 3.11. The number of H-pyrrole nitrogens is 1. The van der Waals surface area contributed by atoms with Gasteiger partial charge in [-0.3, -0.25) is 10.1 Å². The largest absolute Gasteiger partial charge is 0.318 e. The van der Waals surface area contributed by atoms with E-state index >= 15 is 0 Å². The molecule has 0 aliphatic heterocycles. The fourth-order valence-corrected chi connectivity index (χ4v) is 1.20. The molecule has 2 aromatic rings. The normalized spacial score (nSPS) is 10.0. The molecule has 5 nitrogen and oxygen atoms in total. The first-order valence-corrected chi connectivity index (χ1v) is 4.52. The molecule has 0 saturated heterocycles. The molecule has 0 aliphatic carbocycles. The van der Waals surface area contributed by atoms with E-state index in [-0.39, 0.29) is 0 Å². The Labute approximate surface area is 85.8 Å². The predicted octanol–water partition coefficient (Wildman–Crippen LogP) is 1.08. The van der Waals surface area contributed by atoms with Gasteiger partial charge in [0, 0.05) is 12.4 Å². The summed E-state index contributed by atoms with van der Waals surface area (Å²) in [7, 11) is 0. The summed E-state index contributed by atoms with van der Waals surface area (Å²) in [6.45, 7) is 0.691. The molecule has 0 radical (unpaired) electrons. The molecule has 0 atom stereocenters. The fraction of sp³-hybridized carbons (Fsp3) is 0.125. The highest BCUT2D eigenvalue weighted by atomic mass is 32.1. The molecule has 6 heteroatoms. The lowest BCUT2D eigenvalue weighted by Crippen LogP contribution is -2.13. The lowest BCUT2D eigenvalue weighted by atomic mass is 10.3. The maximum atomic E-state index is 4.97. The molecule has 0 amide bonds. The number of hydrogen-bond donors (Lipinski definition) is 2. The molecular weight excluding hydrogens is 198 g/mol. The number of nitrogens with zero attached hydrogens (tertiary/aromatic N) is 3. The van der Waals surface area contributed by atoms with Crippen LogP contribution in [0.25, 0.3) is 0 Å². The van der Waals surface area contributed by atoms with Crippen LogP contribution in [0.15, 0.2) is 30.9 Å². The van der Waals surface area contributed by atoms with Crippen LogP contribution >= 0.6 is 12.2 Å². The van der Waals surface area contributed by atoms with E-state index in [1.54, 1.807) is 23.4 Å². The summed E-state index contributed by atoms with van der Waals surface area (Å²) >= 11 is 4.97. The molecule has 0 unspecified atom stereocenters. The zero-order valence-corrected chi connectivity index (χ0v) is 8.16. The van der Waals surface area contributed by atoms with Gasteiger partial charge < -0.3 is 5.43 Å². The number of nitrogens with one attached hydrogen (secondary N) is 2. The van der Waals surface area contributed by atoms with E-state index in [9.17, 15) is 0 Å². The summed E-state index contributed by atoms with van der Waals surface area (Å²) in [6.07, 6.45) is 5.11. The smallest absolute Gasteiger partial charge is 0.214 e. The van der Waals surface area contributed by atoms with Crippen LogP contribution in [0.4, 0.5) is 0 Å². The highest BCUT2D eigenvalue weighted by Crippen LogP contribution is 1.96. The SMILES string of the molecule is S=c1[nH]ncn1NCc1ccncc1. The van der Waals surface area contributed by atoms with Crippen molar-refractivity contribution in [2.45, 2.75) is 6.54 Å². The van der Waals surface area contributed by atoms with Gasteiger partial charge in [-0.25, -0.2) is 4.68 Å². The van der Waals surface area contributed by atoms with E-state index in [0.29, 0.717) is 11.3 Å². The van der Waals surface area contributed by atoms with Gasteiger partial charge >= 0.3 is 0 Å². The van der Waals surface area contributed by atoms with Gasteiger partial charge in [-0.15, -0.1) is 0 Å². The second kappa shape index (κ2) is 4.01. The number of rotatable bonds is 3. The Bertz CT molecular complexity index is 446. The van der Waals surface area contributed by atoms with E-state index < -0.39 is 0 Å². The van der Waals surface area contributed by atoms with Crippen LogP contribution in [0.3, 0.4) is 0 Å². The van der Waals surface area contributed by atoms with Gasteiger partial charge in [0.2, 0.25) is 4.77 Å². The standard InChI is InChI=1S/C8H9N5S/c14-8-12-10-6-13(8)11-5-7-1-3-9-4-2-7/h1-4,6,11H,5H2,(H,12,14). The zero-order chi connectivity index (χ0) is 9.80. The van der Waals surface area contributed by atoms with Crippen molar-refractivity contribution >= 4 is 12.2 Å². The third kappa shape index (κ3) is 1.97. The number of pyridine rings is 1. The van der Waals surface area contributed by atoms with Crippen molar-refractivity contribution in [1.29, 1.82) is 0 Å². The Kier molecular flexibility index (Phi) is 2.55. The highest BCUT2D eigenvalue weighted by molar-refractivity contribution is 7.71. The minimum atomic E-state index is 0.555. The fourth-order valence-electron chi connectivity index (χ4n) is 1.04. The van der Waals surface area contributed by atoms with E-state index in [4.69, 9.17) is 12.2 Å². The van der Waals surface area contributed by atoms with Crippen LogP contribution in [-0.2, 0) is 6.54 Å². The van der Waals surface area contributed by atoms with Crippen molar-refractivity contribution in [3.05, 3.63) is 41.2 Å². The minimum Gasteiger partial charge on any atom is -0.318 e. The Balaban J connectivity index is 2.02. The third-order valence-corrected chi connectivity index (χ3v) is 2.04. The Hall–Kier alpha value is -1.69. The molecule has 14 heavy (non-hydrogen) atoms. The molecule has 0 saturated carbocycles. The van der Waals surface area contributed by atoms with Crippen molar-refractivity contribution in [3.8, 4) is 0 Å². The topological polar surface area (TPSA) is 58.5 Å². The molecule has 0 spiro atoms. The van der Waals surface area contributed by atoms with Crippen molar-refractivity contribution in [2.75, 3.05) is 5.43 Å². The van der Waals surface area contributed by atoms with Crippen LogP contribution in [0, 0.1) is 4.77 Å². The lowest BCUT2D eigenvalue weighted by molar-refractivity contribution is 0.824. The maximum absolute atomic E-state index is 4.97. The molecule has 0 aromatic carbocycles. The van der Waals surface area contributed by atoms with Crippen LogP contribution in [0.2, 0.25) is 0 Å². The van der Waals surface area contributed by atoms with E-state index in [1.165, 1.54) is 0 Å². The Morgan fingerprint density at radius 2 is 2.21 bits per heavy atom. The maximum Gasteiger partial charge on any atom is 0.214 e. The van der Waals surface area contributed by atoms with Gasteiger partial charge in [-0.1, -0.05) is 0 Å². The van der Waals surface area contributed by atoms with Gasteiger partial charge in [-0.05, 0) is 29.9 Å². The van der Waals surface area contributed by atoms with Crippen molar-refractivity contribution in [3.63, 3.8) is 0 Å². The van der Waals surface area contributed by atoms with Crippen molar-refractivity contribution < 1.29 is 0 Å². The summed E-state index contributed by atoms with van der Waals surface area (Å²) < 4.78 is 2.22. The van der Waals surface area contributed by atoms with Gasteiger partial charge in [0.25, 0.3) is 0 Å². The highest BCUT2D eigenvalue weighted by Gasteiger charge is 1.93. The third-order valence-electron chi connectivity index (χ3n) is 1.76. The molecule has 0 fully saturated rings. The number of hydrogen-bond acceptors (Lipinski definition) is 4. The molecule has 0 aliphatic rings. The summed E-state index contributed by atoms with van der Waals surface area (Å²) in [5.41, 5.74) is 4.24. The molecule has 2 heterocycles. The average molecular weight is 207 g/mol. The summed E-state index contributed by atoms with van der Waals surface area (Å²) in [5, 5.41) is 6.45. The Morgan fingerprint density at radius 1 is 1.43 bits per heavy atom. The van der Waals surface area contributed by atoms with E-state index in [1.807, 2.05) is 12.1 Å².